The second kappa shape index (κ2) is 14.0. The van der Waals surface area contributed by atoms with Crippen LogP contribution in [0.1, 0.15) is 49.9 Å². The van der Waals surface area contributed by atoms with Gasteiger partial charge in [-0.2, -0.15) is 8.42 Å². The highest BCUT2D eigenvalue weighted by molar-refractivity contribution is 7.87. The van der Waals surface area contributed by atoms with Crippen molar-refractivity contribution in [2.24, 2.45) is 5.92 Å². The highest BCUT2D eigenvalue weighted by Crippen LogP contribution is 2.33. The Kier molecular flexibility index (Phi) is 11.2. The lowest BCUT2D eigenvalue weighted by Crippen LogP contribution is -2.43. The van der Waals surface area contributed by atoms with Gasteiger partial charge >= 0.3 is 11.9 Å². The first-order valence-corrected chi connectivity index (χ1v) is 15.3. The number of nitrogens with one attached hydrogen (secondary N) is 1. The Hall–Kier alpha value is -2.95. The summed E-state index contributed by atoms with van der Waals surface area (Å²) in [5.41, 5.74) is 3.73. The predicted molar refractivity (Wildman–Crippen MR) is 163 cm³/mol. The van der Waals surface area contributed by atoms with Gasteiger partial charge in [-0.3, -0.25) is 4.18 Å². The van der Waals surface area contributed by atoms with Crippen LogP contribution in [0.25, 0.3) is 0 Å². The van der Waals surface area contributed by atoms with E-state index in [9.17, 15) is 18.0 Å². The molecule has 0 aromatic heterocycles. The predicted octanol–water partition coefficient (Wildman–Crippen LogP) is 7.32. The van der Waals surface area contributed by atoms with Crippen LogP contribution in [-0.2, 0) is 23.8 Å². The third kappa shape index (κ3) is 8.55. The summed E-state index contributed by atoms with van der Waals surface area (Å²) < 4.78 is 43.6. The molecule has 3 rings (SSSR count). The number of hydrogen-bond acceptors (Lipinski definition) is 8. The molecule has 0 fully saturated rings. The summed E-state index contributed by atoms with van der Waals surface area (Å²) in [4.78, 5) is 25.7. The molecular formula is C30H30Cl3NO7S. The van der Waals surface area contributed by atoms with Crippen LogP contribution in [0.15, 0.2) is 53.4 Å². The first-order chi connectivity index (χ1) is 19.6. The minimum absolute atomic E-state index is 0.0252. The molecule has 224 valence electrons. The van der Waals surface area contributed by atoms with Crippen LogP contribution in [0, 0.1) is 39.0 Å². The van der Waals surface area contributed by atoms with E-state index >= 15 is 0 Å². The molecule has 0 aliphatic carbocycles. The second-order valence-corrected chi connectivity index (χ2v) is 12.8. The lowest BCUT2D eigenvalue weighted by atomic mass is 10.0. The summed E-state index contributed by atoms with van der Waals surface area (Å²) in [6.07, 6.45) is -1.98. The zero-order chi connectivity index (χ0) is 31.4. The van der Waals surface area contributed by atoms with Crippen LogP contribution in [0.4, 0.5) is 0 Å². The minimum atomic E-state index is -4.69. The number of rotatable bonds is 11. The van der Waals surface area contributed by atoms with Crippen molar-refractivity contribution in [2.75, 3.05) is 6.61 Å². The lowest BCUT2D eigenvalue weighted by molar-refractivity contribution is -0.0407. The normalized spacial score (nSPS) is 13.6. The third-order valence-electron chi connectivity index (χ3n) is 6.18. The van der Waals surface area contributed by atoms with Crippen molar-refractivity contribution in [1.29, 1.82) is 5.41 Å². The molecule has 0 amide bonds. The molecule has 1 N–H and O–H groups in total. The van der Waals surface area contributed by atoms with Gasteiger partial charge in [0, 0.05) is 12.1 Å². The molecule has 42 heavy (non-hydrogen) atoms. The Labute approximate surface area is 260 Å². The fourth-order valence-electron chi connectivity index (χ4n) is 4.32. The van der Waals surface area contributed by atoms with Gasteiger partial charge in [0.05, 0.1) is 26.2 Å². The average molecular weight is 655 g/mol. The summed E-state index contributed by atoms with van der Waals surface area (Å²) in [6.45, 7) is 8.15. The fraction of sp³-hybridized carbons (Fsp3) is 0.300. The standard InChI is InChI=1S/C30H30Cl3NO7S/c1-16-6-17(2)9-21(8-16)29(35)39-15-26(41-42(37,38)27-13-24(32)23(31)12-25(27)33)28(20(5)14-34)40-30(36)22-10-18(3)7-19(4)11-22/h6-14,20,26,28,34H,15H2,1-5H3/t20-,26-,28+/m1/s1. The van der Waals surface area contributed by atoms with Gasteiger partial charge in [0.15, 0.2) is 0 Å². The van der Waals surface area contributed by atoms with E-state index in [1.54, 1.807) is 24.3 Å². The number of ether oxygens (including phenoxy) is 2. The van der Waals surface area contributed by atoms with E-state index in [0.29, 0.717) is 0 Å². The number of aryl methyl sites for hydroxylation is 4. The molecule has 0 spiro atoms. The molecule has 3 atom stereocenters. The van der Waals surface area contributed by atoms with Crippen LogP contribution < -0.4 is 0 Å². The molecule has 0 aliphatic rings. The largest absolute Gasteiger partial charge is 0.459 e. The average Bonchev–Trinajstić information content (AvgIpc) is 2.89. The van der Waals surface area contributed by atoms with Gasteiger partial charge in [-0.05, 0) is 64.1 Å². The van der Waals surface area contributed by atoms with Gasteiger partial charge in [-0.15, -0.1) is 0 Å². The van der Waals surface area contributed by atoms with E-state index in [2.05, 4.69) is 0 Å². The monoisotopic (exact) mass is 653 g/mol. The summed E-state index contributed by atoms with van der Waals surface area (Å²) in [6, 6.07) is 12.4. The van der Waals surface area contributed by atoms with Crippen molar-refractivity contribution in [3.05, 3.63) is 97.0 Å². The van der Waals surface area contributed by atoms with E-state index in [1.807, 2.05) is 39.8 Å². The van der Waals surface area contributed by atoms with E-state index in [0.717, 1.165) is 40.6 Å². The molecular weight excluding hydrogens is 625 g/mol. The van der Waals surface area contributed by atoms with E-state index < -0.39 is 51.7 Å². The Morgan fingerprint density at radius 3 is 1.76 bits per heavy atom. The smallest absolute Gasteiger partial charge is 0.338 e. The molecule has 0 saturated heterocycles. The number of halogens is 3. The Bertz CT molecular complexity index is 1580. The van der Waals surface area contributed by atoms with Crippen LogP contribution in [0.5, 0.6) is 0 Å². The Morgan fingerprint density at radius 2 is 1.26 bits per heavy atom. The van der Waals surface area contributed by atoms with Crippen molar-refractivity contribution in [2.45, 2.75) is 51.7 Å². The van der Waals surface area contributed by atoms with E-state index in [-0.39, 0.29) is 26.2 Å². The number of benzene rings is 3. The quantitative estimate of drug-likeness (QED) is 0.0995. The first-order valence-electron chi connectivity index (χ1n) is 12.7. The molecule has 3 aromatic rings. The fourth-order valence-corrected chi connectivity index (χ4v) is 6.37. The van der Waals surface area contributed by atoms with Gasteiger partial charge in [-0.25, -0.2) is 9.59 Å². The maximum atomic E-state index is 13.4. The molecule has 0 unspecified atom stereocenters. The van der Waals surface area contributed by atoms with E-state index in [1.165, 1.54) is 6.92 Å². The molecule has 3 aromatic carbocycles. The minimum Gasteiger partial charge on any atom is -0.459 e. The zero-order valence-corrected chi connectivity index (χ0v) is 26.6. The lowest BCUT2D eigenvalue weighted by Gasteiger charge is -2.29. The van der Waals surface area contributed by atoms with Gasteiger partial charge in [-0.1, -0.05) is 76.1 Å². The summed E-state index contributed by atoms with van der Waals surface area (Å²) in [5, 5.41) is 7.52. The summed E-state index contributed by atoms with van der Waals surface area (Å²) in [7, 11) is -4.69. The van der Waals surface area contributed by atoms with Gasteiger partial charge < -0.3 is 14.9 Å². The zero-order valence-electron chi connectivity index (χ0n) is 23.5. The highest BCUT2D eigenvalue weighted by Gasteiger charge is 2.37. The van der Waals surface area contributed by atoms with Crippen molar-refractivity contribution < 1.29 is 31.7 Å². The second-order valence-electron chi connectivity index (χ2n) is 10.0. The first kappa shape index (κ1) is 33.6. The maximum absolute atomic E-state index is 13.4. The Balaban J connectivity index is 2.02. The van der Waals surface area contributed by atoms with Crippen LogP contribution in [0.3, 0.4) is 0 Å². The molecule has 12 heteroatoms. The summed E-state index contributed by atoms with van der Waals surface area (Å²) >= 11 is 18.2. The van der Waals surface area contributed by atoms with E-state index in [4.69, 9.17) is 53.9 Å². The van der Waals surface area contributed by atoms with Gasteiger partial charge in [0.2, 0.25) is 0 Å². The Morgan fingerprint density at radius 1 is 0.786 bits per heavy atom. The highest BCUT2D eigenvalue weighted by atomic mass is 35.5. The number of carbonyl (C=O) groups excluding carboxylic acids is 2. The third-order valence-corrected chi connectivity index (χ3v) is 8.70. The summed E-state index contributed by atoms with van der Waals surface area (Å²) in [5.74, 6) is -2.38. The topological polar surface area (TPSA) is 120 Å². The van der Waals surface area contributed by atoms with Crippen molar-refractivity contribution in [1.82, 2.24) is 0 Å². The number of hydrogen-bond donors (Lipinski definition) is 1. The molecule has 8 nitrogen and oxygen atoms in total. The van der Waals surface area contributed by atoms with Crippen LogP contribution in [0.2, 0.25) is 15.1 Å². The molecule has 0 heterocycles. The molecule has 0 bridgehead atoms. The van der Waals surface area contributed by atoms with Crippen molar-refractivity contribution in [3.8, 4) is 0 Å². The number of esters is 2. The van der Waals surface area contributed by atoms with Crippen LogP contribution >= 0.6 is 34.8 Å². The molecule has 0 saturated carbocycles. The number of carbonyl (C=O) groups is 2. The van der Waals surface area contributed by atoms with Gasteiger partial charge in [0.25, 0.3) is 10.1 Å². The van der Waals surface area contributed by atoms with Gasteiger partial charge in [0.1, 0.15) is 23.7 Å². The SMILES string of the molecule is Cc1cc(C)cc(C(=O)OC[C@@H](OS(=O)(=O)c2cc(Cl)c(Cl)cc2Cl)[C@@H](OC(=O)c2cc(C)cc(C)c2)[C@H](C)C=N)c1. The van der Waals surface area contributed by atoms with Crippen molar-refractivity contribution in [3.63, 3.8) is 0 Å². The maximum Gasteiger partial charge on any atom is 0.338 e. The molecule has 0 radical (unpaired) electrons. The molecule has 0 aliphatic heterocycles. The van der Waals surface area contributed by atoms with Crippen LogP contribution in [-0.4, -0.2) is 45.4 Å². The van der Waals surface area contributed by atoms with Crippen molar-refractivity contribution >= 4 is 63.1 Å².